The third-order valence-corrected chi connectivity index (χ3v) is 1.41. The Labute approximate surface area is 71.4 Å². The predicted octanol–water partition coefficient (Wildman–Crippen LogP) is 1.39. The Morgan fingerprint density at radius 2 is 2.25 bits per heavy atom. The number of hydrogen-bond donors (Lipinski definition) is 2. The Kier molecular flexibility index (Phi) is 2.17. The minimum atomic E-state index is -0.382. The van der Waals surface area contributed by atoms with Gasteiger partial charge in [0.1, 0.15) is 0 Å². The van der Waals surface area contributed by atoms with Crippen LogP contribution in [0.2, 0.25) is 0 Å². The number of amides is 1. The van der Waals surface area contributed by atoms with Gasteiger partial charge in [0.15, 0.2) is 0 Å². The van der Waals surface area contributed by atoms with Crippen LogP contribution in [0.15, 0.2) is 12.4 Å². The smallest absolute Gasteiger partial charge is 0.232 e. The standard InChI is InChI=1S/C8H13N3O/c1-8(2,3)6(12)11-7-9-4-5-10-7/h4-5H,1-3H3,(H2,9,10,11,12). The third-order valence-electron chi connectivity index (χ3n) is 1.41. The lowest BCUT2D eigenvalue weighted by Crippen LogP contribution is -2.28. The van der Waals surface area contributed by atoms with Gasteiger partial charge >= 0.3 is 0 Å². The van der Waals surface area contributed by atoms with Crippen molar-refractivity contribution in [2.24, 2.45) is 5.41 Å². The van der Waals surface area contributed by atoms with Crippen molar-refractivity contribution < 1.29 is 4.79 Å². The van der Waals surface area contributed by atoms with Gasteiger partial charge in [0.2, 0.25) is 11.9 Å². The molecule has 0 aliphatic carbocycles. The number of H-pyrrole nitrogens is 1. The maximum atomic E-state index is 11.4. The molecule has 1 aromatic heterocycles. The molecule has 2 N–H and O–H groups in total. The van der Waals surface area contributed by atoms with Crippen LogP contribution in [-0.2, 0) is 4.79 Å². The van der Waals surface area contributed by atoms with Gasteiger partial charge in [-0.25, -0.2) is 4.98 Å². The van der Waals surface area contributed by atoms with Crippen molar-refractivity contribution in [1.82, 2.24) is 9.97 Å². The average Bonchev–Trinajstić information content (AvgIpc) is 2.37. The molecule has 1 rings (SSSR count). The highest BCUT2D eigenvalue weighted by Gasteiger charge is 2.21. The Morgan fingerprint density at radius 1 is 1.58 bits per heavy atom. The summed E-state index contributed by atoms with van der Waals surface area (Å²) in [7, 11) is 0. The number of hydrogen-bond acceptors (Lipinski definition) is 2. The van der Waals surface area contributed by atoms with E-state index >= 15 is 0 Å². The van der Waals surface area contributed by atoms with Crippen LogP contribution in [0.1, 0.15) is 20.8 Å². The molecule has 0 aliphatic heterocycles. The lowest BCUT2D eigenvalue weighted by Gasteiger charge is -2.15. The molecular weight excluding hydrogens is 154 g/mol. The van der Waals surface area contributed by atoms with Crippen LogP contribution in [0, 0.1) is 5.41 Å². The van der Waals surface area contributed by atoms with Crippen molar-refractivity contribution in [1.29, 1.82) is 0 Å². The summed E-state index contributed by atoms with van der Waals surface area (Å²) in [6, 6.07) is 0. The Morgan fingerprint density at radius 3 is 2.67 bits per heavy atom. The number of carbonyl (C=O) groups excluding carboxylic acids is 1. The zero-order valence-electron chi connectivity index (χ0n) is 7.51. The fourth-order valence-corrected chi connectivity index (χ4v) is 0.629. The van der Waals surface area contributed by atoms with E-state index in [1.54, 1.807) is 12.4 Å². The average molecular weight is 167 g/mol. The van der Waals surface area contributed by atoms with Crippen LogP contribution in [0.4, 0.5) is 5.95 Å². The molecule has 1 heterocycles. The van der Waals surface area contributed by atoms with Gasteiger partial charge in [0.25, 0.3) is 0 Å². The first-order valence-corrected chi connectivity index (χ1v) is 3.81. The lowest BCUT2D eigenvalue weighted by atomic mass is 9.96. The van der Waals surface area contributed by atoms with Gasteiger partial charge in [-0.15, -0.1) is 0 Å². The molecule has 0 aliphatic rings. The van der Waals surface area contributed by atoms with Gasteiger partial charge in [-0.05, 0) is 0 Å². The second-order valence-electron chi connectivity index (χ2n) is 3.64. The van der Waals surface area contributed by atoms with Crippen LogP contribution in [-0.4, -0.2) is 15.9 Å². The van der Waals surface area contributed by atoms with Crippen LogP contribution < -0.4 is 5.32 Å². The second kappa shape index (κ2) is 2.97. The molecule has 0 radical (unpaired) electrons. The summed E-state index contributed by atoms with van der Waals surface area (Å²) in [4.78, 5) is 18.0. The summed E-state index contributed by atoms with van der Waals surface area (Å²) < 4.78 is 0. The van der Waals surface area contributed by atoms with Crippen LogP contribution in [0.3, 0.4) is 0 Å². The number of aromatic amines is 1. The van der Waals surface area contributed by atoms with Crippen LogP contribution in [0.25, 0.3) is 0 Å². The van der Waals surface area contributed by atoms with Crippen LogP contribution in [0.5, 0.6) is 0 Å². The first-order chi connectivity index (χ1) is 5.50. The van der Waals surface area contributed by atoms with Gasteiger partial charge < -0.3 is 4.98 Å². The topological polar surface area (TPSA) is 57.8 Å². The van der Waals surface area contributed by atoms with E-state index in [2.05, 4.69) is 15.3 Å². The van der Waals surface area contributed by atoms with Crippen molar-refractivity contribution in [3.8, 4) is 0 Å². The van der Waals surface area contributed by atoms with E-state index in [1.807, 2.05) is 20.8 Å². The zero-order chi connectivity index (χ0) is 9.19. The first kappa shape index (κ1) is 8.77. The molecule has 4 nitrogen and oxygen atoms in total. The Balaban J connectivity index is 2.60. The molecule has 4 heteroatoms. The molecule has 0 spiro atoms. The first-order valence-electron chi connectivity index (χ1n) is 3.81. The largest absolute Gasteiger partial charge is 0.331 e. The molecule has 1 aromatic rings. The van der Waals surface area contributed by atoms with E-state index in [0.29, 0.717) is 5.95 Å². The van der Waals surface area contributed by atoms with Crippen molar-refractivity contribution in [2.75, 3.05) is 5.32 Å². The molecule has 66 valence electrons. The van der Waals surface area contributed by atoms with E-state index in [4.69, 9.17) is 0 Å². The number of carbonyl (C=O) groups is 1. The summed E-state index contributed by atoms with van der Waals surface area (Å²) in [5.41, 5.74) is -0.382. The maximum Gasteiger partial charge on any atom is 0.232 e. The lowest BCUT2D eigenvalue weighted by molar-refractivity contribution is -0.123. The summed E-state index contributed by atoms with van der Waals surface area (Å²) in [5, 5.41) is 2.66. The molecule has 0 saturated heterocycles. The third kappa shape index (κ3) is 2.08. The number of aromatic nitrogens is 2. The van der Waals surface area contributed by atoms with Crippen LogP contribution >= 0.6 is 0 Å². The van der Waals surface area contributed by atoms with Gasteiger partial charge in [0.05, 0.1) is 0 Å². The highest BCUT2D eigenvalue weighted by atomic mass is 16.2. The van der Waals surface area contributed by atoms with Gasteiger partial charge in [0, 0.05) is 17.8 Å². The highest BCUT2D eigenvalue weighted by molar-refractivity contribution is 5.92. The quantitative estimate of drug-likeness (QED) is 0.664. The van der Waals surface area contributed by atoms with Crippen molar-refractivity contribution in [3.63, 3.8) is 0 Å². The Hall–Kier alpha value is -1.32. The van der Waals surface area contributed by atoms with E-state index < -0.39 is 0 Å². The molecule has 0 atom stereocenters. The number of nitrogens with zero attached hydrogens (tertiary/aromatic N) is 1. The zero-order valence-corrected chi connectivity index (χ0v) is 7.51. The number of anilines is 1. The summed E-state index contributed by atoms with van der Waals surface area (Å²) >= 11 is 0. The molecule has 0 fully saturated rings. The van der Waals surface area contributed by atoms with Gasteiger partial charge in [-0.1, -0.05) is 20.8 Å². The summed E-state index contributed by atoms with van der Waals surface area (Å²) in [6.07, 6.45) is 3.26. The maximum absolute atomic E-state index is 11.4. The highest BCUT2D eigenvalue weighted by Crippen LogP contribution is 2.14. The van der Waals surface area contributed by atoms with Crippen molar-refractivity contribution in [2.45, 2.75) is 20.8 Å². The summed E-state index contributed by atoms with van der Waals surface area (Å²) in [6.45, 7) is 5.56. The normalized spacial score (nSPS) is 11.2. The van der Waals surface area contributed by atoms with E-state index in [9.17, 15) is 4.79 Å². The fraction of sp³-hybridized carbons (Fsp3) is 0.500. The van der Waals surface area contributed by atoms with Crippen molar-refractivity contribution >= 4 is 11.9 Å². The fourth-order valence-electron chi connectivity index (χ4n) is 0.629. The predicted molar refractivity (Wildman–Crippen MR) is 46.7 cm³/mol. The number of nitrogens with one attached hydrogen (secondary N) is 2. The van der Waals surface area contributed by atoms with Crippen molar-refractivity contribution in [3.05, 3.63) is 12.4 Å². The monoisotopic (exact) mass is 167 g/mol. The Bertz CT molecular complexity index is 258. The minimum absolute atomic E-state index is 0.0440. The molecule has 0 bridgehead atoms. The van der Waals surface area contributed by atoms with E-state index in [-0.39, 0.29) is 11.3 Å². The van der Waals surface area contributed by atoms with E-state index in [0.717, 1.165) is 0 Å². The molecule has 0 aromatic carbocycles. The second-order valence-corrected chi connectivity index (χ2v) is 3.64. The number of imidazole rings is 1. The van der Waals surface area contributed by atoms with Gasteiger partial charge in [-0.3, -0.25) is 10.1 Å². The summed E-state index contributed by atoms with van der Waals surface area (Å²) in [5.74, 6) is 0.451. The molecule has 0 unspecified atom stereocenters. The minimum Gasteiger partial charge on any atom is -0.331 e. The SMILES string of the molecule is CC(C)(C)C(=O)Nc1ncc[nH]1. The number of rotatable bonds is 1. The molecule has 12 heavy (non-hydrogen) atoms. The molecular formula is C8H13N3O. The van der Waals surface area contributed by atoms with Gasteiger partial charge in [-0.2, -0.15) is 0 Å². The van der Waals surface area contributed by atoms with E-state index in [1.165, 1.54) is 0 Å². The molecule has 0 saturated carbocycles. The molecule has 1 amide bonds.